The molecule has 0 spiro atoms. The Labute approximate surface area is 111 Å². The van der Waals surface area contributed by atoms with Gasteiger partial charge in [0.05, 0.1) is 0 Å². The van der Waals surface area contributed by atoms with Crippen LogP contribution in [0.3, 0.4) is 0 Å². The third-order valence-electron chi connectivity index (χ3n) is 3.57. The Bertz CT molecular complexity index is 559. The Balaban J connectivity index is 2.22. The van der Waals surface area contributed by atoms with Crippen LogP contribution in [0.4, 0.5) is 4.39 Å². The van der Waals surface area contributed by atoms with Gasteiger partial charge in [0.25, 0.3) is 0 Å². The standard InChI is InChI=1S/C12H15ClFNO2S/c1-12(2)10(13)7-11(12)15-18(16,17)9-6-4-3-5-8(9)14/h3-6,10-11,15H,7H2,1-2H3. The molecule has 0 saturated heterocycles. The van der Waals surface area contributed by atoms with E-state index in [4.69, 9.17) is 11.6 Å². The van der Waals surface area contributed by atoms with Crippen molar-refractivity contribution in [2.45, 2.75) is 36.6 Å². The first-order valence-corrected chi connectivity index (χ1v) is 7.58. The highest BCUT2D eigenvalue weighted by molar-refractivity contribution is 7.89. The zero-order valence-electron chi connectivity index (χ0n) is 10.2. The number of hydrogen-bond donors (Lipinski definition) is 1. The fourth-order valence-electron chi connectivity index (χ4n) is 1.99. The van der Waals surface area contributed by atoms with Crippen LogP contribution >= 0.6 is 11.6 Å². The third-order valence-corrected chi connectivity index (χ3v) is 5.82. The van der Waals surface area contributed by atoms with E-state index in [0.717, 1.165) is 6.07 Å². The van der Waals surface area contributed by atoms with E-state index in [2.05, 4.69) is 4.72 Å². The van der Waals surface area contributed by atoms with Crippen LogP contribution in [0, 0.1) is 11.2 Å². The Hall–Kier alpha value is -0.650. The van der Waals surface area contributed by atoms with Crippen LogP contribution in [-0.2, 0) is 10.0 Å². The van der Waals surface area contributed by atoms with Crippen LogP contribution < -0.4 is 4.72 Å². The SMILES string of the molecule is CC1(C)C(Cl)CC1NS(=O)(=O)c1ccccc1F. The summed E-state index contributed by atoms with van der Waals surface area (Å²) in [6.45, 7) is 3.78. The summed E-state index contributed by atoms with van der Waals surface area (Å²) in [5.74, 6) is -0.746. The summed E-state index contributed by atoms with van der Waals surface area (Å²) in [4.78, 5) is -0.321. The molecule has 0 radical (unpaired) electrons. The highest BCUT2D eigenvalue weighted by Gasteiger charge is 2.48. The number of rotatable bonds is 3. The summed E-state index contributed by atoms with van der Waals surface area (Å²) >= 11 is 6.03. The molecule has 3 nitrogen and oxygen atoms in total. The van der Waals surface area contributed by atoms with Crippen molar-refractivity contribution in [1.82, 2.24) is 4.72 Å². The minimum Gasteiger partial charge on any atom is -0.207 e. The quantitative estimate of drug-likeness (QED) is 0.870. The molecule has 1 aliphatic rings. The molecular weight excluding hydrogens is 277 g/mol. The normalized spacial score (nSPS) is 26.7. The molecule has 1 fully saturated rings. The Morgan fingerprint density at radius 2 is 2.00 bits per heavy atom. The number of halogens is 2. The van der Waals surface area contributed by atoms with Crippen LogP contribution in [0.2, 0.25) is 0 Å². The first-order valence-electron chi connectivity index (χ1n) is 5.66. The van der Waals surface area contributed by atoms with Gasteiger partial charge in [-0.05, 0) is 24.0 Å². The second-order valence-corrected chi connectivity index (χ2v) is 7.34. The van der Waals surface area contributed by atoms with Crippen LogP contribution in [-0.4, -0.2) is 19.8 Å². The third kappa shape index (κ3) is 2.27. The number of nitrogens with one attached hydrogen (secondary N) is 1. The van der Waals surface area contributed by atoms with Crippen molar-refractivity contribution in [3.8, 4) is 0 Å². The van der Waals surface area contributed by atoms with Crippen LogP contribution in [0.15, 0.2) is 29.2 Å². The predicted octanol–water partition coefficient (Wildman–Crippen LogP) is 2.51. The van der Waals surface area contributed by atoms with Gasteiger partial charge in [-0.25, -0.2) is 17.5 Å². The van der Waals surface area contributed by atoms with Crippen molar-refractivity contribution < 1.29 is 12.8 Å². The van der Waals surface area contributed by atoms with E-state index in [1.807, 2.05) is 13.8 Å². The molecule has 1 aromatic rings. The van der Waals surface area contributed by atoms with Crippen LogP contribution in [0.5, 0.6) is 0 Å². The van der Waals surface area contributed by atoms with Gasteiger partial charge in [-0.2, -0.15) is 0 Å². The molecule has 1 N–H and O–H groups in total. The number of benzene rings is 1. The second kappa shape index (κ2) is 4.47. The van der Waals surface area contributed by atoms with Crippen molar-refractivity contribution in [2.24, 2.45) is 5.41 Å². The minimum atomic E-state index is -3.83. The molecule has 0 aliphatic heterocycles. The largest absolute Gasteiger partial charge is 0.243 e. The number of alkyl halides is 1. The number of sulfonamides is 1. The first kappa shape index (κ1) is 13.8. The lowest BCUT2D eigenvalue weighted by Gasteiger charge is -2.48. The van der Waals surface area contributed by atoms with Crippen molar-refractivity contribution in [3.63, 3.8) is 0 Å². The molecule has 1 saturated carbocycles. The zero-order chi connectivity index (χ0) is 13.6. The average Bonchev–Trinajstić information content (AvgIpc) is 2.29. The molecule has 0 heterocycles. The summed E-state index contributed by atoms with van der Waals surface area (Å²) in [7, 11) is -3.83. The zero-order valence-corrected chi connectivity index (χ0v) is 11.7. The smallest absolute Gasteiger partial charge is 0.207 e. The Morgan fingerprint density at radius 3 is 2.50 bits per heavy atom. The predicted molar refractivity (Wildman–Crippen MR) is 68.5 cm³/mol. The van der Waals surface area contributed by atoms with Crippen molar-refractivity contribution in [2.75, 3.05) is 0 Å². The molecule has 0 amide bonds. The lowest BCUT2D eigenvalue weighted by atomic mass is 9.67. The molecule has 2 rings (SSSR count). The molecule has 0 aromatic heterocycles. The van der Waals surface area contributed by atoms with Crippen molar-refractivity contribution >= 4 is 21.6 Å². The van der Waals surface area contributed by atoms with Gasteiger partial charge >= 0.3 is 0 Å². The second-order valence-electron chi connectivity index (χ2n) is 5.13. The fourth-order valence-corrected chi connectivity index (χ4v) is 3.80. The van der Waals surface area contributed by atoms with Gasteiger partial charge < -0.3 is 0 Å². The van der Waals surface area contributed by atoms with E-state index < -0.39 is 15.8 Å². The van der Waals surface area contributed by atoms with Gasteiger partial charge in [-0.1, -0.05) is 26.0 Å². The highest BCUT2D eigenvalue weighted by Crippen LogP contribution is 2.44. The van der Waals surface area contributed by atoms with Gasteiger partial charge in [0, 0.05) is 11.4 Å². The topological polar surface area (TPSA) is 46.2 Å². The van der Waals surface area contributed by atoms with E-state index in [-0.39, 0.29) is 21.7 Å². The van der Waals surface area contributed by atoms with E-state index in [1.54, 1.807) is 0 Å². The summed E-state index contributed by atoms with van der Waals surface area (Å²) in [6, 6.07) is 5.07. The molecule has 1 aliphatic carbocycles. The highest BCUT2D eigenvalue weighted by atomic mass is 35.5. The summed E-state index contributed by atoms with van der Waals surface area (Å²) in [5, 5.41) is -0.0641. The van der Waals surface area contributed by atoms with Crippen LogP contribution in [0.25, 0.3) is 0 Å². The minimum absolute atomic E-state index is 0.0641. The first-order chi connectivity index (χ1) is 8.25. The molecule has 2 atom stereocenters. The maximum Gasteiger partial charge on any atom is 0.243 e. The van der Waals surface area contributed by atoms with Crippen molar-refractivity contribution in [1.29, 1.82) is 0 Å². The molecule has 2 unspecified atom stereocenters. The maximum atomic E-state index is 13.5. The van der Waals surface area contributed by atoms with Gasteiger partial charge in [-0.3, -0.25) is 0 Å². The van der Waals surface area contributed by atoms with Gasteiger partial charge in [0.1, 0.15) is 10.7 Å². The molecule has 100 valence electrons. The molecule has 18 heavy (non-hydrogen) atoms. The van der Waals surface area contributed by atoms with Gasteiger partial charge in [-0.15, -0.1) is 11.6 Å². The molecule has 6 heteroatoms. The lowest BCUT2D eigenvalue weighted by Crippen LogP contribution is -2.59. The fraction of sp³-hybridized carbons (Fsp3) is 0.500. The Morgan fingerprint density at radius 1 is 1.39 bits per heavy atom. The monoisotopic (exact) mass is 291 g/mol. The summed E-state index contributed by atoms with van der Waals surface area (Å²) < 4.78 is 40.1. The summed E-state index contributed by atoms with van der Waals surface area (Å²) in [6.07, 6.45) is 0.558. The van der Waals surface area contributed by atoms with Crippen LogP contribution in [0.1, 0.15) is 20.3 Å². The molecule has 0 bridgehead atoms. The van der Waals surface area contributed by atoms with Gasteiger partial charge in [0.2, 0.25) is 10.0 Å². The van der Waals surface area contributed by atoms with Gasteiger partial charge in [0.15, 0.2) is 0 Å². The van der Waals surface area contributed by atoms with E-state index in [1.165, 1.54) is 18.2 Å². The molecular formula is C12H15ClFNO2S. The average molecular weight is 292 g/mol. The maximum absolute atomic E-state index is 13.5. The number of hydrogen-bond acceptors (Lipinski definition) is 2. The lowest BCUT2D eigenvalue weighted by molar-refractivity contribution is 0.137. The summed E-state index contributed by atoms with van der Waals surface area (Å²) in [5.41, 5.74) is -0.320. The van der Waals surface area contributed by atoms with E-state index in [0.29, 0.717) is 6.42 Å². The van der Waals surface area contributed by atoms with Crippen molar-refractivity contribution in [3.05, 3.63) is 30.1 Å². The molecule has 1 aromatic carbocycles. The Kier molecular flexibility index (Phi) is 3.42. The van der Waals surface area contributed by atoms with E-state index in [9.17, 15) is 12.8 Å². The van der Waals surface area contributed by atoms with E-state index >= 15 is 0 Å².